The van der Waals surface area contributed by atoms with Crippen molar-refractivity contribution < 1.29 is 19.1 Å². The lowest BCUT2D eigenvalue weighted by molar-refractivity contribution is 0.0600. The Morgan fingerprint density at radius 1 is 0.829 bits per heavy atom. The van der Waals surface area contributed by atoms with Crippen molar-refractivity contribution in [3.8, 4) is 0 Å². The van der Waals surface area contributed by atoms with E-state index in [9.17, 15) is 14.4 Å². The fraction of sp³-hybridized carbons (Fsp3) is 0.185. The number of esters is 1. The lowest BCUT2D eigenvalue weighted by atomic mass is 9.86. The third-order valence-corrected chi connectivity index (χ3v) is 5.51. The molecule has 0 fully saturated rings. The number of nitrogens with one attached hydrogen (secondary N) is 1. The first kappa shape index (κ1) is 25.2. The summed E-state index contributed by atoms with van der Waals surface area (Å²) < 4.78 is 4.73. The molecule has 0 radical (unpaired) electrons. The number of amidine groups is 1. The van der Waals surface area contributed by atoms with E-state index in [0.29, 0.717) is 5.56 Å². The van der Waals surface area contributed by atoms with Crippen LogP contribution in [-0.4, -0.2) is 30.7 Å². The molecule has 0 heterocycles. The largest absolute Gasteiger partial charge is 0.465 e. The number of anilines is 2. The van der Waals surface area contributed by atoms with E-state index in [1.807, 2.05) is 12.1 Å². The molecule has 0 aliphatic carbocycles. The molecule has 5 N–H and O–H groups in total. The van der Waals surface area contributed by atoms with E-state index in [2.05, 4.69) is 20.8 Å². The van der Waals surface area contributed by atoms with Crippen molar-refractivity contribution in [2.24, 2.45) is 5.73 Å². The molecule has 3 rings (SSSR count). The highest BCUT2D eigenvalue weighted by atomic mass is 16.5. The van der Waals surface area contributed by atoms with Crippen LogP contribution in [0.3, 0.4) is 0 Å². The molecule has 8 heteroatoms. The minimum Gasteiger partial charge on any atom is -0.465 e. The van der Waals surface area contributed by atoms with Crippen LogP contribution in [0.15, 0.2) is 66.7 Å². The summed E-state index contributed by atoms with van der Waals surface area (Å²) in [6, 6.07) is 17.3. The Labute approximate surface area is 204 Å². The molecule has 3 aromatic rings. The number of benzene rings is 3. The van der Waals surface area contributed by atoms with Crippen LogP contribution in [0, 0.1) is 5.41 Å². The average Bonchev–Trinajstić information content (AvgIpc) is 2.84. The van der Waals surface area contributed by atoms with Crippen molar-refractivity contribution in [3.05, 3.63) is 94.5 Å². The van der Waals surface area contributed by atoms with Crippen LogP contribution in [0.5, 0.6) is 0 Å². The molecule has 2 amide bonds. The van der Waals surface area contributed by atoms with Crippen molar-refractivity contribution in [1.82, 2.24) is 0 Å². The Balaban J connectivity index is 2.13. The van der Waals surface area contributed by atoms with Gasteiger partial charge in [-0.15, -0.1) is 0 Å². The number of rotatable bonds is 5. The van der Waals surface area contributed by atoms with Gasteiger partial charge >= 0.3 is 5.97 Å². The van der Waals surface area contributed by atoms with E-state index in [0.717, 1.165) is 10.5 Å². The van der Waals surface area contributed by atoms with Gasteiger partial charge in [-0.05, 0) is 53.4 Å². The van der Waals surface area contributed by atoms with Crippen LogP contribution in [0.1, 0.15) is 63.0 Å². The normalized spacial score (nSPS) is 11.0. The summed E-state index contributed by atoms with van der Waals surface area (Å²) in [5.41, 5.74) is 13.8. The summed E-state index contributed by atoms with van der Waals surface area (Å²) in [4.78, 5) is 40.2. The maximum atomic E-state index is 13.7. The lowest BCUT2D eigenvalue weighted by Crippen LogP contribution is -2.38. The number of carbonyl (C=O) groups is 3. The molecule has 0 aliphatic rings. The first-order valence-electron chi connectivity index (χ1n) is 10.9. The van der Waals surface area contributed by atoms with Gasteiger partial charge in [0.2, 0.25) is 0 Å². The number of imide groups is 1. The summed E-state index contributed by atoms with van der Waals surface area (Å²) in [7, 11) is 1.25. The van der Waals surface area contributed by atoms with Gasteiger partial charge in [0, 0.05) is 16.7 Å². The number of nitrogens with two attached hydrogens (primary N) is 2. The average molecular weight is 473 g/mol. The number of carbonyl (C=O) groups excluding carboxylic acids is 3. The fourth-order valence-corrected chi connectivity index (χ4v) is 3.50. The summed E-state index contributed by atoms with van der Waals surface area (Å²) >= 11 is 0. The zero-order valence-corrected chi connectivity index (χ0v) is 20.1. The van der Waals surface area contributed by atoms with Gasteiger partial charge in [-0.1, -0.05) is 45.0 Å². The first-order chi connectivity index (χ1) is 16.4. The molecule has 180 valence electrons. The van der Waals surface area contributed by atoms with E-state index < -0.39 is 17.8 Å². The van der Waals surface area contributed by atoms with E-state index >= 15 is 0 Å². The highest BCUT2D eigenvalue weighted by Gasteiger charge is 2.29. The van der Waals surface area contributed by atoms with Gasteiger partial charge in [0.25, 0.3) is 11.8 Å². The quantitative estimate of drug-likeness (QED) is 0.168. The molecule has 0 atom stereocenters. The standard InChI is InChI=1S/C27H28N4O4/c1-27(2,3)20-11-8-16(9-12-20)24(32)31(22-13-10-19(15-21(22)28)26(34)35-4)25(33)18-7-5-6-17(14-18)23(29)30/h5-15H,28H2,1-4H3,(H3,29,30). The van der Waals surface area contributed by atoms with Crippen molar-refractivity contribution in [3.63, 3.8) is 0 Å². The highest BCUT2D eigenvalue weighted by Crippen LogP contribution is 2.29. The molecule has 3 aromatic carbocycles. The molecule has 0 spiro atoms. The Hall–Kier alpha value is -4.46. The van der Waals surface area contributed by atoms with E-state index in [-0.39, 0.29) is 39.3 Å². The van der Waals surface area contributed by atoms with Crippen LogP contribution >= 0.6 is 0 Å². The molecular weight excluding hydrogens is 444 g/mol. The summed E-state index contributed by atoms with van der Waals surface area (Å²) in [6.07, 6.45) is 0. The second-order valence-corrected chi connectivity index (χ2v) is 9.03. The van der Waals surface area contributed by atoms with Crippen molar-refractivity contribution in [2.75, 3.05) is 17.7 Å². The van der Waals surface area contributed by atoms with Crippen LogP contribution in [-0.2, 0) is 10.2 Å². The number of hydrogen-bond acceptors (Lipinski definition) is 6. The molecule has 35 heavy (non-hydrogen) atoms. The van der Waals surface area contributed by atoms with Crippen LogP contribution in [0.2, 0.25) is 0 Å². The molecule has 0 saturated heterocycles. The molecule has 0 saturated carbocycles. The van der Waals surface area contributed by atoms with Gasteiger partial charge in [0.1, 0.15) is 5.84 Å². The third kappa shape index (κ3) is 5.38. The SMILES string of the molecule is COC(=O)c1ccc(N(C(=O)c2ccc(C(C)(C)C)cc2)C(=O)c2cccc(C(=N)N)c2)c(N)c1. The zero-order valence-electron chi connectivity index (χ0n) is 20.1. The predicted molar refractivity (Wildman–Crippen MR) is 136 cm³/mol. The Kier molecular flexibility index (Phi) is 7.05. The third-order valence-electron chi connectivity index (χ3n) is 5.51. The van der Waals surface area contributed by atoms with Crippen LogP contribution in [0.25, 0.3) is 0 Å². The summed E-state index contributed by atoms with van der Waals surface area (Å²) in [6.45, 7) is 6.18. The molecular formula is C27H28N4O4. The minimum absolute atomic E-state index is 0.0450. The number of amides is 2. The topological polar surface area (TPSA) is 140 Å². The molecule has 0 aliphatic heterocycles. The zero-order chi connectivity index (χ0) is 25.9. The molecule has 0 bridgehead atoms. The number of nitrogens with zero attached hydrogens (tertiary/aromatic N) is 1. The van der Waals surface area contributed by atoms with E-state index in [4.69, 9.17) is 21.6 Å². The fourth-order valence-electron chi connectivity index (χ4n) is 3.50. The second-order valence-electron chi connectivity index (χ2n) is 9.03. The maximum Gasteiger partial charge on any atom is 0.337 e. The van der Waals surface area contributed by atoms with Gasteiger partial charge in [-0.2, -0.15) is 0 Å². The lowest BCUT2D eigenvalue weighted by Gasteiger charge is -2.24. The smallest absolute Gasteiger partial charge is 0.337 e. The molecule has 0 unspecified atom stereocenters. The number of nitrogen functional groups attached to an aromatic ring is 2. The van der Waals surface area contributed by atoms with Crippen molar-refractivity contribution >= 4 is 35.0 Å². The van der Waals surface area contributed by atoms with Gasteiger partial charge in [-0.3, -0.25) is 15.0 Å². The molecule has 0 aromatic heterocycles. The Morgan fingerprint density at radius 3 is 1.94 bits per heavy atom. The Morgan fingerprint density at radius 2 is 1.40 bits per heavy atom. The minimum atomic E-state index is -0.657. The maximum absolute atomic E-state index is 13.7. The number of hydrogen-bond donors (Lipinski definition) is 3. The van der Waals surface area contributed by atoms with Gasteiger partial charge in [0.05, 0.1) is 24.0 Å². The van der Waals surface area contributed by atoms with Gasteiger partial charge in [-0.25, -0.2) is 9.69 Å². The highest BCUT2D eigenvalue weighted by molar-refractivity contribution is 6.27. The van der Waals surface area contributed by atoms with Crippen LogP contribution < -0.4 is 16.4 Å². The van der Waals surface area contributed by atoms with Crippen molar-refractivity contribution in [2.45, 2.75) is 26.2 Å². The first-order valence-corrected chi connectivity index (χ1v) is 10.9. The van der Waals surface area contributed by atoms with E-state index in [1.54, 1.807) is 24.3 Å². The van der Waals surface area contributed by atoms with E-state index in [1.165, 1.54) is 37.4 Å². The predicted octanol–water partition coefficient (Wildman–Crippen LogP) is 4.12. The summed E-state index contributed by atoms with van der Waals surface area (Å²) in [5.74, 6) is -2.06. The second kappa shape index (κ2) is 9.80. The summed E-state index contributed by atoms with van der Waals surface area (Å²) in [5, 5.41) is 7.67. The Bertz CT molecular complexity index is 1310. The van der Waals surface area contributed by atoms with Gasteiger partial charge < -0.3 is 16.2 Å². The number of ether oxygens (including phenoxy) is 1. The molecule has 8 nitrogen and oxygen atoms in total. The monoisotopic (exact) mass is 472 g/mol. The van der Waals surface area contributed by atoms with Crippen molar-refractivity contribution in [1.29, 1.82) is 5.41 Å². The van der Waals surface area contributed by atoms with Gasteiger partial charge in [0.15, 0.2) is 0 Å². The number of methoxy groups -OCH3 is 1. The van der Waals surface area contributed by atoms with Crippen LogP contribution in [0.4, 0.5) is 11.4 Å².